The molecule has 0 bridgehead atoms. The van der Waals surface area contributed by atoms with Crippen molar-refractivity contribution in [3.05, 3.63) is 52.6 Å². The third kappa shape index (κ3) is 3.90. The van der Waals surface area contributed by atoms with Gasteiger partial charge in [-0.1, -0.05) is 0 Å². The number of carbonyl (C=O) groups is 1. The van der Waals surface area contributed by atoms with Crippen LogP contribution in [-0.2, 0) is 0 Å². The Balaban J connectivity index is 1.41. The van der Waals surface area contributed by atoms with Gasteiger partial charge in [0.2, 0.25) is 0 Å². The fourth-order valence-corrected chi connectivity index (χ4v) is 4.67. The molecule has 1 aromatic carbocycles. The second-order valence-corrected chi connectivity index (χ2v) is 8.83. The van der Waals surface area contributed by atoms with Crippen molar-refractivity contribution in [3.8, 4) is 5.75 Å². The van der Waals surface area contributed by atoms with Crippen LogP contribution < -0.4 is 20.9 Å². The fourth-order valence-electron chi connectivity index (χ4n) is 4.67. The minimum Gasteiger partial charge on any atom is -0.496 e. The molecule has 0 spiro atoms. The molecule has 168 valence electrons. The van der Waals surface area contributed by atoms with Crippen LogP contribution in [-0.4, -0.2) is 40.5 Å². The molecule has 2 N–H and O–H groups in total. The summed E-state index contributed by atoms with van der Waals surface area (Å²) in [6, 6.07) is 8.22. The largest absolute Gasteiger partial charge is 0.496 e. The molecule has 3 aromatic rings. The van der Waals surface area contributed by atoms with E-state index >= 15 is 0 Å². The van der Waals surface area contributed by atoms with Crippen molar-refractivity contribution in [3.63, 3.8) is 0 Å². The van der Waals surface area contributed by atoms with E-state index in [1.807, 2.05) is 17.9 Å². The Bertz CT molecular complexity index is 1200. The van der Waals surface area contributed by atoms with Crippen LogP contribution in [0.4, 0.5) is 5.69 Å². The van der Waals surface area contributed by atoms with Crippen molar-refractivity contribution < 1.29 is 9.53 Å². The van der Waals surface area contributed by atoms with Gasteiger partial charge in [0.25, 0.3) is 11.5 Å². The number of amides is 1. The van der Waals surface area contributed by atoms with Crippen LogP contribution in [0.15, 0.2) is 41.5 Å². The molecule has 5 rings (SSSR count). The number of hydrogen-bond acceptors (Lipinski definition) is 5. The van der Waals surface area contributed by atoms with Gasteiger partial charge in [-0.05, 0) is 63.8 Å². The Labute approximate surface area is 186 Å². The van der Waals surface area contributed by atoms with E-state index in [0.29, 0.717) is 23.4 Å². The minimum absolute atomic E-state index is 0.173. The summed E-state index contributed by atoms with van der Waals surface area (Å²) < 4.78 is 9.22. The second-order valence-electron chi connectivity index (χ2n) is 8.83. The van der Waals surface area contributed by atoms with Gasteiger partial charge in [0.15, 0.2) is 0 Å². The van der Waals surface area contributed by atoms with E-state index in [2.05, 4.69) is 10.6 Å². The Hall–Kier alpha value is -3.13. The van der Waals surface area contributed by atoms with Crippen LogP contribution in [0.1, 0.15) is 61.0 Å². The molecule has 0 atom stereocenters. The highest BCUT2D eigenvalue weighted by Crippen LogP contribution is 2.34. The molecule has 8 nitrogen and oxygen atoms in total. The summed E-state index contributed by atoms with van der Waals surface area (Å²) in [5.41, 5.74) is 1.29. The highest BCUT2D eigenvalue weighted by molar-refractivity contribution is 6.08. The van der Waals surface area contributed by atoms with Crippen LogP contribution >= 0.6 is 0 Å². The van der Waals surface area contributed by atoms with Gasteiger partial charge in [-0.3, -0.25) is 14.3 Å². The predicted octanol–water partition coefficient (Wildman–Crippen LogP) is 3.50. The van der Waals surface area contributed by atoms with Crippen molar-refractivity contribution >= 4 is 22.5 Å². The fraction of sp³-hybridized carbons (Fsp3) is 0.458. The zero-order valence-corrected chi connectivity index (χ0v) is 18.5. The molecule has 0 unspecified atom stereocenters. The normalized spacial score (nSPS) is 20.9. The number of rotatable bonds is 6. The summed E-state index contributed by atoms with van der Waals surface area (Å²) in [5.74, 6) is 0.0780. The van der Waals surface area contributed by atoms with Crippen LogP contribution in [0.25, 0.3) is 10.9 Å². The van der Waals surface area contributed by atoms with Crippen LogP contribution in [0.3, 0.4) is 0 Å². The first kappa shape index (κ1) is 20.8. The minimum atomic E-state index is -0.364. The highest BCUT2D eigenvalue weighted by Gasteiger charge is 2.26. The number of nitrogens with one attached hydrogen (secondary N) is 2. The summed E-state index contributed by atoms with van der Waals surface area (Å²) in [4.78, 5) is 25.8. The van der Waals surface area contributed by atoms with Crippen molar-refractivity contribution in [1.29, 1.82) is 0 Å². The number of methoxy groups -OCH3 is 1. The van der Waals surface area contributed by atoms with Crippen molar-refractivity contribution in [1.82, 2.24) is 19.7 Å². The number of benzene rings is 1. The molecule has 2 fully saturated rings. The van der Waals surface area contributed by atoms with Crippen molar-refractivity contribution in [2.75, 3.05) is 19.5 Å². The first-order chi connectivity index (χ1) is 15.6. The van der Waals surface area contributed by atoms with Crippen molar-refractivity contribution in [2.45, 2.75) is 56.7 Å². The van der Waals surface area contributed by atoms with Crippen LogP contribution in [0.5, 0.6) is 5.75 Å². The second kappa shape index (κ2) is 8.43. The van der Waals surface area contributed by atoms with Crippen LogP contribution in [0, 0.1) is 0 Å². The maximum Gasteiger partial charge on any atom is 0.274 e. The summed E-state index contributed by atoms with van der Waals surface area (Å²) in [5, 5.41) is 11.8. The average Bonchev–Trinajstić information content (AvgIpc) is 3.57. The SMILES string of the molecule is CN[C@H]1CC[C@H](n2cc3cc(C(=O)Nc4cccn(C5CC5)c4=O)c(OC)cc3n2)CC1. The number of nitrogens with zero attached hydrogens (tertiary/aromatic N) is 3. The molecule has 8 heteroatoms. The van der Waals surface area contributed by atoms with Crippen LogP contribution in [0.2, 0.25) is 0 Å². The molecule has 32 heavy (non-hydrogen) atoms. The molecule has 0 radical (unpaired) electrons. The standard InChI is InChI=1S/C24H29N5O3/c1-25-16-5-7-18(8-6-16)29-14-15-12-19(22(32-2)13-21(15)27-29)23(30)26-20-4-3-11-28(24(20)31)17-9-10-17/h3-4,11-14,16-18,25H,5-10H2,1-2H3,(H,26,30)/t16-,18-. The summed E-state index contributed by atoms with van der Waals surface area (Å²) in [7, 11) is 3.55. The molecule has 2 aliphatic rings. The van der Waals surface area contributed by atoms with E-state index in [1.54, 1.807) is 35.0 Å². The Morgan fingerprint density at radius 1 is 1.12 bits per heavy atom. The van der Waals surface area contributed by atoms with Gasteiger partial charge in [0.05, 0.1) is 24.2 Å². The average molecular weight is 436 g/mol. The zero-order chi connectivity index (χ0) is 22.2. The Kier molecular flexibility index (Phi) is 5.46. The Morgan fingerprint density at radius 3 is 2.56 bits per heavy atom. The first-order valence-corrected chi connectivity index (χ1v) is 11.3. The topological polar surface area (TPSA) is 90.2 Å². The zero-order valence-electron chi connectivity index (χ0n) is 18.5. The molecular weight excluding hydrogens is 406 g/mol. The third-order valence-electron chi connectivity index (χ3n) is 6.73. The van der Waals surface area contributed by atoms with Gasteiger partial charge in [-0.25, -0.2) is 0 Å². The monoisotopic (exact) mass is 435 g/mol. The highest BCUT2D eigenvalue weighted by atomic mass is 16.5. The molecule has 2 aliphatic carbocycles. The van der Waals surface area contributed by atoms with Gasteiger partial charge < -0.3 is 19.9 Å². The number of carbonyl (C=O) groups excluding carboxylic acids is 1. The number of hydrogen-bond donors (Lipinski definition) is 2. The number of fused-ring (bicyclic) bond motifs is 1. The van der Waals surface area contributed by atoms with E-state index in [1.165, 1.54) is 7.11 Å². The lowest BCUT2D eigenvalue weighted by molar-refractivity contribution is 0.102. The summed E-state index contributed by atoms with van der Waals surface area (Å²) in [6.07, 6.45) is 10.2. The molecule has 0 aliphatic heterocycles. The number of aromatic nitrogens is 3. The Morgan fingerprint density at radius 2 is 1.88 bits per heavy atom. The molecule has 0 saturated heterocycles. The smallest absolute Gasteiger partial charge is 0.274 e. The van der Waals surface area contributed by atoms with E-state index in [0.717, 1.165) is 49.4 Å². The quantitative estimate of drug-likeness (QED) is 0.619. The lowest BCUT2D eigenvalue weighted by Crippen LogP contribution is -2.31. The van der Waals surface area contributed by atoms with Gasteiger partial charge in [-0.15, -0.1) is 0 Å². The molecular formula is C24H29N5O3. The number of anilines is 1. The third-order valence-corrected chi connectivity index (χ3v) is 6.73. The maximum atomic E-state index is 13.1. The van der Waals surface area contributed by atoms with Gasteiger partial charge in [0, 0.05) is 35.9 Å². The van der Waals surface area contributed by atoms with Crippen molar-refractivity contribution in [2.24, 2.45) is 0 Å². The number of pyridine rings is 1. The predicted molar refractivity (Wildman–Crippen MR) is 124 cm³/mol. The first-order valence-electron chi connectivity index (χ1n) is 11.3. The summed E-state index contributed by atoms with van der Waals surface area (Å²) in [6.45, 7) is 0. The summed E-state index contributed by atoms with van der Waals surface area (Å²) >= 11 is 0. The number of ether oxygens (including phenoxy) is 1. The lowest BCUT2D eigenvalue weighted by Gasteiger charge is -2.28. The van der Waals surface area contributed by atoms with Gasteiger partial charge in [0.1, 0.15) is 11.4 Å². The van der Waals surface area contributed by atoms with E-state index < -0.39 is 0 Å². The van der Waals surface area contributed by atoms with E-state index in [-0.39, 0.29) is 23.2 Å². The maximum absolute atomic E-state index is 13.1. The van der Waals surface area contributed by atoms with Gasteiger partial charge >= 0.3 is 0 Å². The molecule has 2 heterocycles. The van der Waals surface area contributed by atoms with E-state index in [4.69, 9.17) is 9.84 Å². The molecule has 2 aromatic heterocycles. The van der Waals surface area contributed by atoms with Gasteiger partial charge in [-0.2, -0.15) is 5.10 Å². The van der Waals surface area contributed by atoms with E-state index in [9.17, 15) is 9.59 Å². The lowest BCUT2D eigenvalue weighted by atomic mass is 9.91. The molecule has 1 amide bonds. The molecule has 2 saturated carbocycles.